The Labute approximate surface area is 132 Å². The van der Waals surface area contributed by atoms with Gasteiger partial charge in [-0.2, -0.15) is 11.8 Å². The van der Waals surface area contributed by atoms with Crippen LogP contribution in [0.5, 0.6) is 0 Å². The number of carbonyl (C=O) groups excluding carboxylic acids is 1. The zero-order chi connectivity index (χ0) is 15.5. The number of carbonyl (C=O) groups is 1. The van der Waals surface area contributed by atoms with Gasteiger partial charge in [0.15, 0.2) is 0 Å². The van der Waals surface area contributed by atoms with E-state index >= 15 is 0 Å². The molecule has 1 aromatic carbocycles. The molecule has 21 heavy (non-hydrogen) atoms. The van der Waals surface area contributed by atoms with E-state index in [2.05, 4.69) is 42.1 Å². The van der Waals surface area contributed by atoms with Gasteiger partial charge in [-0.1, -0.05) is 19.1 Å². The number of anilines is 1. The third-order valence-electron chi connectivity index (χ3n) is 3.22. The number of nitrogens with one attached hydrogen (secondary N) is 3. The Hall–Kier alpha value is -1.20. The van der Waals surface area contributed by atoms with Crippen molar-refractivity contribution in [2.24, 2.45) is 0 Å². The zero-order valence-corrected chi connectivity index (χ0v) is 14.1. The van der Waals surface area contributed by atoms with Crippen LogP contribution in [0.4, 0.5) is 10.5 Å². The minimum Gasteiger partial charge on any atom is -0.338 e. The molecular formula is C16H27N3OS. The van der Waals surface area contributed by atoms with Crippen LogP contribution in [-0.2, 0) is 0 Å². The van der Waals surface area contributed by atoms with Crippen LogP contribution in [-0.4, -0.2) is 31.1 Å². The lowest BCUT2D eigenvalue weighted by Gasteiger charge is -2.14. The molecule has 0 saturated carbocycles. The summed E-state index contributed by atoms with van der Waals surface area (Å²) in [6.07, 6.45) is 4.25. The van der Waals surface area contributed by atoms with Gasteiger partial charge in [0, 0.05) is 18.3 Å². The largest absolute Gasteiger partial charge is 0.338 e. The lowest BCUT2D eigenvalue weighted by atomic mass is 10.1. The van der Waals surface area contributed by atoms with E-state index in [1.165, 1.54) is 5.56 Å². The summed E-state index contributed by atoms with van der Waals surface area (Å²) >= 11 is 1.84. The highest BCUT2D eigenvalue weighted by atomic mass is 32.2. The monoisotopic (exact) mass is 309 g/mol. The number of amides is 2. The van der Waals surface area contributed by atoms with E-state index in [9.17, 15) is 4.79 Å². The van der Waals surface area contributed by atoms with Crippen molar-refractivity contribution in [1.82, 2.24) is 10.6 Å². The van der Waals surface area contributed by atoms with Gasteiger partial charge in [0.25, 0.3) is 0 Å². The number of rotatable bonds is 9. The fraction of sp³-hybridized carbons (Fsp3) is 0.562. The van der Waals surface area contributed by atoms with Gasteiger partial charge >= 0.3 is 6.03 Å². The number of thioether (sulfide) groups is 1. The molecule has 4 nitrogen and oxygen atoms in total. The number of urea groups is 1. The van der Waals surface area contributed by atoms with E-state index in [1.54, 1.807) is 0 Å². The summed E-state index contributed by atoms with van der Waals surface area (Å²) in [5.74, 6) is 1.15. The van der Waals surface area contributed by atoms with Gasteiger partial charge in [-0.15, -0.1) is 0 Å². The van der Waals surface area contributed by atoms with Gasteiger partial charge in [0.1, 0.15) is 0 Å². The van der Waals surface area contributed by atoms with Crippen LogP contribution in [0.15, 0.2) is 24.3 Å². The molecule has 0 aliphatic carbocycles. The molecular weight excluding hydrogens is 282 g/mol. The number of benzene rings is 1. The highest BCUT2D eigenvalue weighted by molar-refractivity contribution is 7.98. The second kappa shape index (κ2) is 10.5. The lowest BCUT2D eigenvalue weighted by Crippen LogP contribution is -2.29. The zero-order valence-electron chi connectivity index (χ0n) is 13.2. The maximum Gasteiger partial charge on any atom is 0.319 e. The van der Waals surface area contributed by atoms with Crippen molar-refractivity contribution in [3.8, 4) is 0 Å². The topological polar surface area (TPSA) is 53.2 Å². The van der Waals surface area contributed by atoms with E-state index in [-0.39, 0.29) is 12.1 Å². The van der Waals surface area contributed by atoms with Crippen LogP contribution < -0.4 is 16.0 Å². The molecule has 2 amide bonds. The van der Waals surface area contributed by atoms with E-state index in [0.29, 0.717) is 0 Å². The van der Waals surface area contributed by atoms with Crippen molar-refractivity contribution in [3.05, 3.63) is 29.8 Å². The van der Waals surface area contributed by atoms with Gasteiger partial charge in [0.2, 0.25) is 0 Å². The molecule has 3 N–H and O–H groups in total. The number of hydrogen-bond donors (Lipinski definition) is 3. The Balaban J connectivity index is 2.40. The van der Waals surface area contributed by atoms with Crippen molar-refractivity contribution in [3.63, 3.8) is 0 Å². The summed E-state index contributed by atoms with van der Waals surface area (Å²) in [5.41, 5.74) is 2.01. The molecule has 1 rings (SSSR count). The van der Waals surface area contributed by atoms with Crippen molar-refractivity contribution in [1.29, 1.82) is 0 Å². The third kappa shape index (κ3) is 7.39. The molecule has 1 unspecified atom stereocenters. The van der Waals surface area contributed by atoms with E-state index in [0.717, 1.165) is 37.4 Å². The molecule has 0 spiro atoms. The highest BCUT2D eigenvalue weighted by Crippen LogP contribution is 2.17. The summed E-state index contributed by atoms with van der Waals surface area (Å²) < 4.78 is 0. The molecule has 1 atom stereocenters. The molecule has 118 valence electrons. The summed E-state index contributed by atoms with van der Waals surface area (Å²) in [6, 6.07) is 8.12. The van der Waals surface area contributed by atoms with Crippen LogP contribution in [0.2, 0.25) is 0 Å². The first-order valence-electron chi connectivity index (χ1n) is 7.54. The first-order chi connectivity index (χ1) is 10.2. The quantitative estimate of drug-likeness (QED) is 0.611. The molecule has 0 aliphatic rings. The van der Waals surface area contributed by atoms with Crippen molar-refractivity contribution < 1.29 is 4.79 Å². The number of unbranched alkanes of at least 4 members (excludes halogenated alkanes) is 1. The molecule has 1 aromatic rings. The van der Waals surface area contributed by atoms with Gasteiger partial charge in [-0.3, -0.25) is 0 Å². The predicted octanol–water partition coefficient (Wildman–Crippen LogP) is 3.62. The van der Waals surface area contributed by atoms with Gasteiger partial charge in [0.05, 0.1) is 0 Å². The molecule has 5 heteroatoms. The van der Waals surface area contributed by atoms with Gasteiger partial charge in [-0.25, -0.2) is 4.79 Å². The second-order valence-corrected chi connectivity index (χ2v) is 5.97. The van der Waals surface area contributed by atoms with E-state index < -0.39 is 0 Å². The SMILES string of the molecule is CCNC(C)c1cccc(NC(=O)NCCCCSC)c1. The molecule has 0 aromatic heterocycles. The second-order valence-electron chi connectivity index (χ2n) is 4.99. The smallest absolute Gasteiger partial charge is 0.319 e. The van der Waals surface area contributed by atoms with Crippen molar-refractivity contribution >= 4 is 23.5 Å². The minimum atomic E-state index is -0.132. The standard InChI is InChI=1S/C16H27N3OS/c1-4-17-13(2)14-8-7-9-15(12-14)19-16(20)18-10-5-6-11-21-3/h7-9,12-13,17H,4-6,10-11H2,1-3H3,(H2,18,19,20). The maximum absolute atomic E-state index is 11.8. The van der Waals surface area contributed by atoms with Crippen LogP contribution in [0.1, 0.15) is 38.3 Å². The molecule has 0 bridgehead atoms. The fourth-order valence-corrected chi connectivity index (χ4v) is 2.55. The van der Waals surface area contributed by atoms with Gasteiger partial charge in [-0.05, 0) is 56.0 Å². The average Bonchev–Trinajstić information content (AvgIpc) is 2.47. The third-order valence-corrected chi connectivity index (χ3v) is 3.91. The predicted molar refractivity (Wildman–Crippen MR) is 93.2 cm³/mol. The molecule has 0 fully saturated rings. The molecule has 0 heterocycles. The summed E-state index contributed by atoms with van der Waals surface area (Å²) in [6.45, 7) is 5.85. The Morgan fingerprint density at radius 2 is 2.14 bits per heavy atom. The Kier molecular flexibility index (Phi) is 8.94. The normalized spacial score (nSPS) is 12.0. The first kappa shape index (κ1) is 17.9. The average molecular weight is 309 g/mol. The van der Waals surface area contributed by atoms with Crippen LogP contribution >= 0.6 is 11.8 Å². The Morgan fingerprint density at radius 1 is 1.33 bits per heavy atom. The fourth-order valence-electron chi connectivity index (χ4n) is 2.06. The molecule has 0 aliphatic heterocycles. The highest BCUT2D eigenvalue weighted by Gasteiger charge is 2.06. The van der Waals surface area contributed by atoms with Crippen LogP contribution in [0.3, 0.4) is 0 Å². The lowest BCUT2D eigenvalue weighted by molar-refractivity contribution is 0.252. The summed E-state index contributed by atoms with van der Waals surface area (Å²) in [5, 5.41) is 9.14. The summed E-state index contributed by atoms with van der Waals surface area (Å²) in [7, 11) is 0. The summed E-state index contributed by atoms with van der Waals surface area (Å²) in [4.78, 5) is 11.8. The first-order valence-corrected chi connectivity index (χ1v) is 8.94. The minimum absolute atomic E-state index is 0.132. The van der Waals surface area contributed by atoms with Gasteiger partial charge < -0.3 is 16.0 Å². The van der Waals surface area contributed by atoms with E-state index in [4.69, 9.17) is 0 Å². The Bertz CT molecular complexity index is 426. The van der Waals surface area contributed by atoms with Crippen molar-refractivity contribution in [2.45, 2.75) is 32.7 Å². The van der Waals surface area contributed by atoms with E-state index in [1.807, 2.05) is 30.0 Å². The molecule has 0 radical (unpaired) electrons. The maximum atomic E-state index is 11.8. The molecule has 0 saturated heterocycles. The van der Waals surface area contributed by atoms with Crippen LogP contribution in [0.25, 0.3) is 0 Å². The van der Waals surface area contributed by atoms with Crippen LogP contribution in [0, 0.1) is 0 Å². The Morgan fingerprint density at radius 3 is 2.86 bits per heavy atom. The number of hydrogen-bond acceptors (Lipinski definition) is 3. The van der Waals surface area contributed by atoms with Crippen molar-refractivity contribution in [2.75, 3.05) is 30.4 Å².